The molecule has 0 radical (unpaired) electrons. The lowest BCUT2D eigenvalue weighted by atomic mass is 10.1. The smallest absolute Gasteiger partial charge is 0.262 e. The van der Waals surface area contributed by atoms with Gasteiger partial charge in [0.2, 0.25) is 11.8 Å². The first-order chi connectivity index (χ1) is 14.0. The van der Waals surface area contributed by atoms with E-state index in [9.17, 15) is 18.8 Å². The van der Waals surface area contributed by atoms with Gasteiger partial charge in [-0.1, -0.05) is 12.1 Å². The number of carbonyl (C=O) groups excluding carboxylic acids is 3. The maximum absolute atomic E-state index is 12.9. The summed E-state index contributed by atoms with van der Waals surface area (Å²) in [6.07, 6.45) is -0.746. The molecule has 3 amide bonds. The predicted octanol–water partition coefficient (Wildman–Crippen LogP) is 0.894. The molecule has 0 saturated carbocycles. The molecule has 2 aromatic rings. The van der Waals surface area contributed by atoms with Crippen LogP contribution in [0.1, 0.15) is 0 Å². The summed E-state index contributed by atoms with van der Waals surface area (Å²) in [6.45, 7) is -0.0787. The van der Waals surface area contributed by atoms with Crippen molar-refractivity contribution in [3.8, 4) is 5.75 Å². The number of likely N-dealkylation sites (N-methyl/N-ethyl adjacent to an activating group) is 1. The first-order valence-corrected chi connectivity index (χ1v) is 9.00. The highest BCUT2D eigenvalue weighted by atomic mass is 19.1. The number of rotatable bonds is 6. The van der Waals surface area contributed by atoms with Crippen LogP contribution in [-0.2, 0) is 14.4 Å². The Hall–Kier alpha value is -3.62. The highest BCUT2D eigenvalue weighted by Crippen LogP contribution is 2.32. The monoisotopic (exact) mass is 400 g/mol. The molecule has 9 heteroatoms. The van der Waals surface area contributed by atoms with E-state index >= 15 is 0 Å². The van der Waals surface area contributed by atoms with Crippen LogP contribution in [0.15, 0.2) is 48.5 Å². The molecule has 0 aliphatic carbocycles. The van der Waals surface area contributed by atoms with Crippen LogP contribution < -0.4 is 25.6 Å². The fraction of sp³-hybridized carbons (Fsp3) is 0.250. The summed E-state index contributed by atoms with van der Waals surface area (Å²) in [6, 6.07) is 12.4. The lowest BCUT2D eigenvalue weighted by Gasteiger charge is -2.34. The summed E-state index contributed by atoms with van der Waals surface area (Å²) in [5, 5.41) is 7.65. The molecule has 29 heavy (non-hydrogen) atoms. The molecule has 2 aromatic carbocycles. The number of nitrogens with zero attached hydrogens (tertiary/aromatic N) is 1. The molecule has 3 N–H and O–H groups in total. The van der Waals surface area contributed by atoms with Crippen LogP contribution in [0.4, 0.5) is 15.8 Å². The standard InChI is InChI=1S/C20H21FN4O4/c1-22-20(28)17-11-25(15-4-2-3-5-16(15)29-17)12-19(27)23-10-18(26)24-14-8-6-13(21)7-9-14/h2-9,17H,10-12H2,1H3,(H,22,28)(H,23,27)(H,24,26)/t17-/m0/s1. The van der Waals surface area contributed by atoms with E-state index in [4.69, 9.17) is 4.74 Å². The molecule has 1 aliphatic heterocycles. The van der Waals surface area contributed by atoms with Crippen LogP contribution >= 0.6 is 0 Å². The Morgan fingerprint density at radius 2 is 1.83 bits per heavy atom. The molecule has 0 spiro atoms. The molecule has 8 nitrogen and oxygen atoms in total. The van der Waals surface area contributed by atoms with Crippen molar-refractivity contribution in [1.29, 1.82) is 0 Å². The van der Waals surface area contributed by atoms with Crippen molar-refractivity contribution in [2.45, 2.75) is 6.10 Å². The van der Waals surface area contributed by atoms with Crippen LogP contribution in [0.2, 0.25) is 0 Å². The van der Waals surface area contributed by atoms with Crippen LogP contribution in [0.25, 0.3) is 0 Å². The Morgan fingerprint density at radius 3 is 2.55 bits per heavy atom. The highest BCUT2D eigenvalue weighted by molar-refractivity contribution is 5.95. The zero-order valence-electron chi connectivity index (χ0n) is 15.8. The van der Waals surface area contributed by atoms with Gasteiger partial charge in [-0.3, -0.25) is 14.4 Å². The molecule has 0 unspecified atom stereocenters. The third-order valence-corrected chi connectivity index (χ3v) is 4.31. The molecule has 1 aliphatic rings. The lowest BCUT2D eigenvalue weighted by Crippen LogP contribution is -2.51. The van der Waals surface area contributed by atoms with Crippen molar-refractivity contribution < 1.29 is 23.5 Å². The van der Waals surface area contributed by atoms with E-state index in [2.05, 4.69) is 16.0 Å². The number of ether oxygens (including phenoxy) is 1. The fourth-order valence-corrected chi connectivity index (χ4v) is 2.90. The molecule has 0 saturated heterocycles. The number of hydrogen-bond acceptors (Lipinski definition) is 5. The number of hydrogen-bond donors (Lipinski definition) is 3. The van der Waals surface area contributed by atoms with E-state index in [0.717, 1.165) is 0 Å². The summed E-state index contributed by atoms with van der Waals surface area (Å²) in [5.41, 5.74) is 1.12. The van der Waals surface area contributed by atoms with Gasteiger partial charge < -0.3 is 25.6 Å². The largest absolute Gasteiger partial charge is 0.477 e. The average Bonchev–Trinajstić information content (AvgIpc) is 2.73. The number of carbonyl (C=O) groups is 3. The van der Waals surface area contributed by atoms with Crippen LogP contribution in [0, 0.1) is 5.82 Å². The lowest BCUT2D eigenvalue weighted by molar-refractivity contribution is -0.127. The van der Waals surface area contributed by atoms with Gasteiger partial charge in [0.05, 0.1) is 25.3 Å². The van der Waals surface area contributed by atoms with Crippen LogP contribution in [0.5, 0.6) is 5.75 Å². The third kappa shape index (κ3) is 5.22. The van der Waals surface area contributed by atoms with Gasteiger partial charge >= 0.3 is 0 Å². The first kappa shape index (κ1) is 20.1. The zero-order valence-corrected chi connectivity index (χ0v) is 15.8. The molecule has 0 aromatic heterocycles. The summed E-state index contributed by atoms with van der Waals surface area (Å²) in [5.74, 6) is -1.00. The maximum Gasteiger partial charge on any atom is 0.262 e. The van der Waals surface area contributed by atoms with E-state index in [0.29, 0.717) is 17.1 Å². The quantitative estimate of drug-likeness (QED) is 0.669. The molecule has 1 atom stereocenters. The number of nitrogens with one attached hydrogen (secondary N) is 3. The van der Waals surface area contributed by atoms with Crippen molar-refractivity contribution in [3.05, 3.63) is 54.3 Å². The maximum atomic E-state index is 12.9. The SMILES string of the molecule is CNC(=O)[C@@H]1CN(CC(=O)NCC(=O)Nc2ccc(F)cc2)c2ccccc2O1. The van der Waals surface area contributed by atoms with Gasteiger partial charge in [-0.05, 0) is 36.4 Å². The minimum Gasteiger partial charge on any atom is -0.477 e. The van der Waals surface area contributed by atoms with Crippen LogP contribution in [0.3, 0.4) is 0 Å². The Kier molecular flexibility index (Phi) is 6.28. The van der Waals surface area contributed by atoms with Crippen LogP contribution in [-0.4, -0.2) is 50.5 Å². The summed E-state index contributed by atoms with van der Waals surface area (Å²) < 4.78 is 18.6. The Morgan fingerprint density at radius 1 is 1.10 bits per heavy atom. The van der Waals surface area contributed by atoms with Gasteiger partial charge in [-0.2, -0.15) is 0 Å². The summed E-state index contributed by atoms with van der Waals surface area (Å²) in [7, 11) is 1.52. The number of anilines is 2. The van der Waals surface area contributed by atoms with Gasteiger partial charge in [0.15, 0.2) is 6.10 Å². The zero-order chi connectivity index (χ0) is 20.8. The van der Waals surface area contributed by atoms with E-state index in [1.54, 1.807) is 23.1 Å². The van der Waals surface area contributed by atoms with E-state index < -0.39 is 17.8 Å². The normalized spacial score (nSPS) is 15.0. The van der Waals surface area contributed by atoms with Gasteiger partial charge in [-0.25, -0.2) is 4.39 Å². The predicted molar refractivity (Wildman–Crippen MR) is 105 cm³/mol. The van der Waals surface area contributed by atoms with Crippen molar-refractivity contribution in [1.82, 2.24) is 10.6 Å². The minimum atomic E-state index is -0.746. The van der Waals surface area contributed by atoms with Gasteiger partial charge in [0.1, 0.15) is 11.6 Å². The molecule has 152 valence electrons. The topological polar surface area (TPSA) is 99.8 Å². The van der Waals surface area contributed by atoms with E-state index in [1.807, 2.05) is 6.07 Å². The van der Waals surface area contributed by atoms with E-state index in [1.165, 1.54) is 31.3 Å². The molecule has 0 bridgehead atoms. The number of para-hydroxylation sites is 2. The molecular weight excluding hydrogens is 379 g/mol. The second kappa shape index (κ2) is 9.05. The average molecular weight is 400 g/mol. The Balaban J connectivity index is 1.57. The molecule has 1 heterocycles. The first-order valence-electron chi connectivity index (χ1n) is 9.00. The molecule has 3 rings (SSSR count). The molecular formula is C20H21FN4O4. The van der Waals surface area contributed by atoms with Gasteiger partial charge in [0.25, 0.3) is 5.91 Å². The van der Waals surface area contributed by atoms with Crippen molar-refractivity contribution in [2.24, 2.45) is 0 Å². The molecule has 0 fully saturated rings. The van der Waals surface area contributed by atoms with Gasteiger partial charge in [-0.15, -0.1) is 0 Å². The number of halogens is 1. The summed E-state index contributed by atoms with van der Waals surface area (Å²) >= 11 is 0. The minimum absolute atomic E-state index is 0.0440. The van der Waals surface area contributed by atoms with Gasteiger partial charge in [0, 0.05) is 12.7 Å². The highest BCUT2D eigenvalue weighted by Gasteiger charge is 2.30. The summed E-state index contributed by atoms with van der Waals surface area (Å²) in [4.78, 5) is 38.0. The third-order valence-electron chi connectivity index (χ3n) is 4.31. The van der Waals surface area contributed by atoms with Crippen molar-refractivity contribution >= 4 is 29.1 Å². The Labute approximate surface area is 167 Å². The second-order valence-electron chi connectivity index (χ2n) is 6.40. The number of fused-ring (bicyclic) bond motifs is 1. The number of benzene rings is 2. The van der Waals surface area contributed by atoms with Crippen molar-refractivity contribution in [2.75, 3.05) is 36.9 Å². The number of amides is 3. The Bertz CT molecular complexity index is 904. The van der Waals surface area contributed by atoms with Crippen molar-refractivity contribution in [3.63, 3.8) is 0 Å². The fourth-order valence-electron chi connectivity index (χ4n) is 2.90. The second-order valence-corrected chi connectivity index (χ2v) is 6.40. The van der Waals surface area contributed by atoms with E-state index in [-0.39, 0.29) is 31.4 Å².